The first-order valence-corrected chi connectivity index (χ1v) is 8.96. The fraction of sp³-hybridized carbons (Fsp3) is 0.421. The van der Waals surface area contributed by atoms with E-state index in [4.69, 9.17) is 4.74 Å². The molecule has 1 saturated heterocycles. The van der Waals surface area contributed by atoms with E-state index in [2.05, 4.69) is 30.3 Å². The maximum Gasteiger partial charge on any atom is 0.267 e. The Morgan fingerprint density at radius 2 is 1.96 bits per heavy atom. The Hall–Kier alpha value is -1.81. The number of ether oxygens (including phenoxy) is 1. The minimum Gasteiger partial charge on any atom is -0.495 e. The molecule has 1 aromatic heterocycles. The second-order valence-corrected chi connectivity index (χ2v) is 7.44. The van der Waals surface area contributed by atoms with Crippen LogP contribution in [-0.2, 0) is 6.42 Å². The van der Waals surface area contributed by atoms with Crippen LogP contribution < -0.4 is 4.74 Å². The molecule has 0 spiro atoms. The molecule has 1 aliphatic heterocycles. The summed E-state index contributed by atoms with van der Waals surface area (Å²) in [5.74, 6) is 1.51. The van der Waals surface area contributed by atoms with Crippen LogP contribution in [0.3, 0.4) is 0 Å². The Morgan fingerprint density at radius 1 is 1.26 bits per heavy atom. The molecule has 122 valence electrons. The number of nitrogens with zero attached hydrogens (tertiary/aromatic N) is 1. The average Bonchev–Trinajstić information content (AvgIpc) is 2.97. The number of benzene rings is 1. The molecule has 2 heterocycles. The van der Waals surface area contributed by atoms with E-state index in [0.717, 1.165) is 42.1 Å². The molecule has 0 N–H and O–H groups in total. The lowest BCUT2D eigenvalue weighted by molar-refractivity contribution is 0.0692. The van der Waals surface area contributed by atoms with Gasteiger partial charge in [0.2, 0.25) is 0 Å². The van der Waals surface area contributed by atoms with E-state index >= 15 is 0 Å². The van der Waals surface area contributed by atoms with Gasteiger partial charge in [-0.3, -0.25) is 4.79 Å². The molecule has 0 saturated carbocycles. The van der Waals surface area contributed by atoms with Gasteiger partial charge in [0.1, 0.15) is 10.6 Å². The molecule has 0 unspecified atom stereocenters. The third kappa shape index (κ3) is 3.75. The zero-order valence-corrected chi connectivity index (χ0v) is 14.6. The van der Waals surface area contributed by atoms with Gasteiger partial charge < -0.3 is 9.64 Å². The number of likely N-dealkylation sites (tertiary alicyclic amines) is 1. The van der Waals surface area contributed by atoms with Gasteiger partial charge >= 0.3 is 0 Å². The fourth-order valence-corrected chi connectivity index (χ4v) is 4.17. The van der Waals surface area contributed by atoms with Gasteiger partial charge in [0.25, 0.3) is 5.91 Å². The van der Waals surface area contributed by atoms with Crippen LogP contribution in [0.4, 0.5) is 0 Å². The van der Waals surface area contributed by atoms with Gasteiger partial charge in [-0.1, -0.05) is 30.3 Å². The van der Waals surface area contributed by atoms with E-state index in [1.807, 2.05) is 17.9 Å². The number of carbonyl (C=O) groups excluding carboxylic acids is 1. The molecule has 0 aliphatic carbocycles. The topological polar surface area (TPSA) is 29.5 Å². The van der Waals surface area contributed by atoms with E-state index in [1.165, 1.54) is 16.9 Å². The molecule has 1 fully saturated rings. The highest BCUT2D eigenvalue weighted by molar-refractivity contribution is 7.14. The number of methoxy groups -OCH3 is 1. The third-order valence-electron chi connectivity index (χ3n) is 4.50. The summed E-state index contributed by atoms with van der Waals surface area (Å²) < 4.78 is 5.34. The third-order valence-corrected chi connectivity index (χ3v) is 5.52. The summed E-state index contributed by atoms with van der Waals surface area (Å²) in [6, 6.07) is 12.6. The maximum atomic E-state index is 12.7. The van der Waals surface area contributed by atoms with Crippen LogP contribution in [0.2, 0.25) is 0 Å². The lowest BCUT2D eigenvalue weighted by Gasteiger charge is -2.32. The molecule has 4 heteroatoms. The predicted octanol–water partition coefficient (Wildman–Crippen LogP) is 4.16. The largest absolute Gasteiger partial charge is 0.495 e. The predicted molar refractivity (Wildman–Crippen MR) is 94.4 cm³/mol. The quantitative estimate of drug-likeness (QED) is 0.843. The number of hydrogen-bond acceptors (Lipinski definition) is 3. The number of aryl methyl sites for hydroxylation is 1. The molecule has 23 heavy (non-hydrogen) atoms. The SMILES string of the molecule is COc1cc(C)sc1C(=O)N1CCC(Cc2ccccc2)CC1. The van der Waals surface area contributed by atoms with E-state index in [9.17, 15) is 4.79 Å². The van der Waals surface area contributed by atoms with E-state index in [-0.39, 0.29) is 5.91 Å². The van der Waals surface area contributed by atoms with Crippen LogP contribution in [0.5, 0.6) is 5.75 Å². The van der Waals surface area contributed by atoms with Gasteiger partial charge in [-0.25, -0.2) is 0 Å². The van der Waals surface area contributed by atoms with E-state index in [0.29, 0.717) is 11.7 Å². The Bertz CT molecular complexity index is 657. The minimum absolute atomic E-state index is 0.123. The first-order chi connectivity index (χ1) is 11.2. The Balaban J connectivity index is 1.59. The van der Waals surface area contributed by atoms with Crippen molar-refractivity contribution in [2.45, 2.75) is 26.2 Å². The summed E-state index contributed by atoms with van der Waals surface area (Å²) in [6.45, 7) is 3.70. The van der Waals surface area contributed by atoms with Crippen molar-refractivity contribution in [3.63, 3.8) is 0 Å². The van der Waals surface area contributed by atoms with Crippen LogP contribution >= 0.6 is 11.3 Å². The molecule has 0 radical (unpaired) electrons. The average molecular weight is 329 g/mol. The van der Waals surface area contributed by atoms with Crippen molar-refractivity contribution >= 4 is 17.2 Å². The molecule has 3 rings (SSSR count). The highest BCUT2D eigenvalue weighted by Gasteiger charge is 2.26. The second kappa shape index (κ2) is 7.18. The number of amides is 1. The molecule has 1 aromatic carbocycles. The minimum atomic E-state index is 0.123. The van der Waals surface area contributed by atoms with Gasteiger partial charge in [-0.05, 0) is 43.7 Å². The number of carbonyl (C=O) groups is 1. The molecule has 0 atom stereocenters. The molecule has 1 amide bonds. The number of piperidine rings is 1. The van der Waals surface area contributed by atoms with Crippen molar-refractivity contribution in [2.75, 3.05) is 20.2 Å². The summed E-state index contributed by atoms with van der Waals surface area (Å²) in [5.41, 5.74) is 1.40. The van der Waals surface area contributed by atoms with Crippen LogP contribution in [0.25, 0.3) is 0 Å². The Labute approximate surface area is 141 Å². The maximum absolute atomic E-state index is 12.7. The standard InChI is InChI=1S/C19H23NO2S/c1-14-12-17(22-2)18(23-14)19(21)20-10-8-16(9-11-20)13-15-6-4-3-5-7-15/h3-7,12,16H,8-11,13H2,1-2H3. The molecule has 3 nitrogen and oxygen atoms in total. The summed E-state index contributed by atoms with van der Waals surface area (Å²) >= 11 is 1.53. The van der Waals surface area contributed by atoms with E-state index < -0.39 is 0 Å². The second-order valence-electron chi connectivity index (χ2n) is 6.18. The molecule has 2 aromatic rings. The zero-order valence-electron chi connectivity index (χ0n) is 13.7. The molecular formula is C19H23NO2S. The summed E-state index contributed by atoms with van der Waals surface area (Å²) in [6.07, 6.45) is 3.27. The lowest BCUT2D eigenvalue weighted by Crippen LogP contribution is -2.38. The summed E-state index contributed by atoms with van der Waals surface area (Å²) in [5, 5.41) is 0. The van der Waals surface area contributed by atoms with Crippen molar-refractivity contribution < 1.29 is 9.53 Å². The monoisotopic (exact) mass is 329 g/mol. The van der Waals surface area contributed by atoms with Crippen LogP contribution in [-0.4, -0.2) is 31.0 Å². The highest BCUT2D eigenvalue weighted by atomic mass is 32.1. The van der Waals surface area contributed by atoms with Crippen molar-refractivity contribution in [2.24, 2.45) is 5.92 Å². The summed E-state index contributed by atoms with van der Waals surface area (Å²) in [4.78, 5) is 16.6. The van der Waals surface area contributed by atoms with Crippen molar-refractivity contribution in [1.29, 1.82) is 0 Å². The zero-order chi connectivity index (χ0) is 16.2. The fourth-order valence-electron chi connectivity index (χ4n) is 3.22. The Morgan fingerprint density at radius 3 is 2.61 bits per heavy atom. The molecule has 0 bridgehead atoms. The van der Waals surface area contributed by atoms with Crippen molar-refractivity contribution in [3.05, 3.63) is 51.7 Å². The van der Waals surface area contributed by atoms with Crippen LogP contribution in [0.1, 0.15) is 33.0 Å². The number of thiophene rings is 1. The first kappa shape index (κ1) is 16.1. The lowest BCUT2D eigenvalue weighted by atomic mass is 9.90. The van der Waals surface area contributed by atoms with Gasteiger partial charge in [-0.15, -0.1) is 11.3 Å². The Kier molecular flexibility index (Phi) is 5.01. The number of rotatable bonds is 4. The van der Waals surface area contributed by atoms with Crippen molar-refractivity contribution in [3.8, 4) is 5.75 Å². The van der Waals surface area contributed by atoms with Gasteiger partial charge in [0.05, 0.1) is 7.11 Å². The number of hydrogen-bond donors (Lipinski definition) is 0. The molecule has 1 aliphatic rings. The highest BCUT2D eigenvalue weighted by Crippen LogP contribution is 2.31. The van der Waals surface area contributed by atoms with Crippen LogP contribution in [0.15, 0.2) is 36.4 Å². The summed E-state index contributed by atoms with van der Waals surface area (Å²) in [7, 11) is 1.63. The first-order valence-electron chi connectivity index (χ1n) is 8.15. The molecular weight excluding hydrogens is 306 g/mol. The normalized spacial score (nSPS) is 15.7. The van der Waals surface area contributed by atoms with Gasteiger partial charge in [0, 0.05) is 18.0 Å². The van der Waals surface area contributed by atoms with Crippen molar-refractivity contribution in [1.82, 2.24) is 4.90 Å². The van der Waals surface area contributed by atoms with Gasteiger partial charge in [0.15, 0.2) is 0 Å². The smallest absolute Gasteiger partial charge is 0.267 e. The van der Waals surface area contributed by atoms with E-state index in [1.54, 1.807) is 7.11 Å². The van der Waals surface area contributed by atoms with Gasteiger partial charge in [-0.2, -0.15) is 0 Å². The van der Waals surface area contributed by atoms with Crippen LogP contribution in [0, 0.1) is 12.8 Å².